The molecule has 2 rings (SSSR count). The van der Waals surface area contributed by atoms with E-state index in [-0.39, 0.29) is 34.3 Å². The minimum atomic E-state index is -3.65. The molecule has 110 valence electrons. The van der Waals surface area contributed by atoms with Crippen LogP contribution in [-0.4, -0.2) is 31.9 Å². The van der Waals surface area contributed by atoms with Gasteiger partial charge in [-0.15, -0.1) is 12.4 Å². The number of benzene rings is 1. The first kappa shape index (κ1) is 17.2. The SMILES string of the molecule is CC1CN(S(=O)(=O)c2ccc(C#N)cc2Cl)CC1N.Cl. The van der Waals surface area contributed by atoms with Gasteiger partial charge in [0.1, 0.15) is 4.90 Å². The number of hydrogen-bond acceptors (Lipinski definition) is 4. The summed E-state index contributed by atoms with van der Waals surface area (Å²) in [4.78, 5) is 0.0227. The highest BCUT2D eigenvalue weighted by atomic mass is 35.5. The minimum absolute atomic E-state index is 0. The Morgan fingerprint density at radius 2 is 2.10 bits per heavy atom. The second-order valence-corrected chi connectivity index (χ2v) is 7.03. The van der Waals surface area contributed by atoms with Crippen LogP contribution in [0.2, 0.25) is 5.02 Å². The molecule has 0 aliphatic carbocycles. The predicted molar refractivity (Wildman–Crippen MR) is 79.3 cm³/mol. The van der Waals surface area contributed by atoms with Gasteiger partial charge in [0.15, 0.2) is 0 Å². The van der Waals surface area contributed by atoms with E-state index in [2.05, 4.69) is 0 Å². The lowest BCUT2D eigenvalue weighted by Gasteiger charge is -2.17. The molecule has 2 unspecified atom stereocenters. The molecular weight excluding hydrogens is 321 g/mol. The Kier molecular flexibility index (Phi) is 5.41. The average molecular weight is 336 g/mol. The Bertz CT molecular complexity index is 633. The summed E-state index contributed by atoms with van der Waals surface area (Å²) in [5.74, 6) is 0.118. The summed E-state index contributed by atoms with van der Waals surface area (Å²) in [5.41, 5.74) is 6.17. The predicted octanol–water partition coefficient (Wildman–Crippen LogP) is 1.60. The zero-order chi connectivity index (χ0) is 14.2. The molecule has 5 nitrogen and oxygen atoms in total. The lowest BCUT2D eigenvalue weighted by molar-refractivity contribution is 0.464. The van der Waals surface area contributed by atoms with Gasteiger partial charge in [-0.3, -0.25) is 0 Å². The number of halogens is 2. The molecule has 0 aromatic heterocycles. The van der Waals surface area contributed by atoms with E-state index in [1.165, 1.54) is 22.5 Å². The number of sulfonamides is 1. The van der Waals surface area contributed by atoms with E-state index in [0.29, 0.717) is 18.7 Å². The van der Waals surface area contributed by atoms with Crippen molar-refractivity contribution >= 4 is 34.0 Å². The van der Waals surface area contributed by atoms with Crippen molar-refractivity contribution in [3.05, 3.63) is 28.8 Å². The summed E-state index contributed by atoms with van der Waals surface area (Å²) in [6.45, 7) is 2.60. The molecule has 1 saturated heterocycles. The smallest absolute Gasteiger partial charge is 0.244 e. The van der Waals surface area contributed by atoms with Gasteiger partial charge in [-0.25, -0.2) is 8.42 Å². The molecular formula is C12H15Cl2N3O2S. The summed E-state index contributed by atoms with van der Waals surface area (Å²) >= 11 is 5.96. The largest absolute Gasteiger partial charge is 0.326 e. The lowest BCUT2D eigenvalue weighted by Crippen LogP contribution is -2.32. The van der Waals surface area contributed by atoms with Crippen molar-refractivity contribution < 1.29 is 8.42 Å². The highest BCUT2D eigenvalue weighted by molar-refractivity contribution is 7.89. The molecule has 0 saturated carbocycles. The zero-order valence-electron chi connectivity index (χ0n) is 10.8. The van der Waals surface area contributed by atoms with E-state index in [1.807, 2.05) is 13.0 Å². The third-order valence-corrected chi connectivity index (χ3v) is 5.63. The Morgan fingerprint density at radius 1 is 1.45 bits per heavy atom. The van der Waals surface area contributed by atoms with Crippen LogP contribution in [-0.2, 0) is 10.0 Å². The lowest BCUT2D eigenvalue weighted by atomic mass is 10.1. The highest BCUT2D eigenvalue weighted by Gasteiger charge is 2.36. The first-order valence-corrected chi connectivity index (χ1v) is 7.63. The number of hydrogen-bond donors (Lipinski definition) is 1. The quantitative estimate of drug-likeness (QED) is 0.889. The number of nitrogens with zero attached hydrogens (tertiary/aromatic N) is 2. The molecule has 1 heterocycles. The highest BCUT2D eigenvalue weighted by Crippen LogP contribution is 2.29. The topological polar surface area (TPSA) is 87.2 Å². The molecule has 1 aromatic carbocycles. The van der Waals surface area contributed by atoms with Crippen LogP contribution in [0.25, 0.3) is 0 Å². The number of rotatable bonds is 2. The molecule has 2 atom stereocenters. The molecule has 1 aromatic rings. The van der Waals surface area contributed by atoms with Gasteiger partial charge in [0.2, 0.25) is 10.0 Å². The Hall–Kier alpha value is -0.840. The van der Waals surface area contributed by atoms with Gasteiger partial charge in [0.05, 0.1) is 16.7 Å². The van der Waals surface area contributed by atoms with Gasteiger partial charge in [0.25, 0.3) is 0 Å². The van der Waals surface area contributed by atoms with E-state index in [9.17, 15) is 8.42 Å². The summed E-state index contributed by atoms with van der Waals surface area (Å²) in [6.07, 6.45) is 0. The Morgan fingerprint density at radius 3 is 2.55 bits per heavy atom. The monoisotopic (exact) mass is 335 g/mol. The Labute approximate surface area is 129 Å². The van der Waals surface area contributed by atoms with Crippen molar-refractivity contribution in [2.45, 2.75) is 17.9 Å². The van der Waals surface area contributed by atoms with Gasteiger partial charge in [-0.2, -0.15) is 9.57 Å². The van der Waals surface area contributed by atoms with E-state index >= 15 is 0 Å². The van der Waals surface area contributed by atoms with Crippen molar-refractivity contribution in [3.8, 4) is 6.07 Å². The van der Waals surface area contributed by atoms with Gasteiger partial charge in [-0.05, 0) is 24.1 Å². The Balaban J connectivity index is 0.00000200. The molecule has 1 aliphatic heterocycles. The molecule has 1 aliphatic rings. The molecule has 2 N–H and O–H groups in total. The maximum absolute atomic E-state index is 12.4. The normalized spacial score (nSPS) is 23.1. The summed E-state index contributed by atoms with van der Waals surface area (Å²) in [5, 5.41) is 8.81. The molecule has 20 heavy (non-hydrogen) atoms. The zero-order valence-corrected chi connectivity index (χ0v) is 13.2. The minimum Gasteiger partial charge on any atom is -0.326 e. The van der Waals surface area contributed by atoms with E-state index in [4.69, 9.17) is 22.6 Å². The van der Waals surface area contributed by atoms with Gasteiger partial charge < -0.3 is 5.73 Å². The van der Waals surface area contributed by atoms with Crippen LogP contribution in [0, 0.1) is 17.2 Å². The number of nitriles is 1. The van der Waals surface area contributed by atoms with Crippen molar-refractivity contribution in [1.29, 1.82) is 5.26 Å². The maximum Gasteiger partial charge on any atom is 0.244 e. The standard InChI is InChI=1S/C12H14ClN3O2S.ClH/c1-8-6-16(7-11(8)15)19(17,18)12-3-2-9(5-14)4-10(12)13;/h2-4,8,11H,6-7,15H2,1H3;1H. The fourth-order valence-corrected chi connectivity index (χ4v) is 4.16. The molecule has 0 radical (unpaired) electrons. The van der Waals surface area contributed by atoms with Crippen LogP contribution >= 0.6 is 24.0 Å². The fraction of sp³-hybridized carbons (Fsp3) is 0.417. The summed E-state index contributed by atoms with van der Waals surface area (Å²) < 4.78 is 26.2. The van der Waals surface area contributed by atoms with Crippen LogP contribution in [0.3, 0.4) is 0 Å². The number of nitrogens with two attached hydrogens (primary N) is 1. The summed E-state index contributed by atoms with van der Waals surface area (Å²) in [6, 6.07) is 5.92. The first-order valence-electron chi connectivity index (χ1n) is 5.81. The van der Waals surface area contributed by atoms with Crippen molar-refractivity contribution in [3.63, 3.8) is 0 Å². The fourth-order valence-electron chi connectivity index (χ4n) is 2.06. The second kappa shape index (κ2) is 6.29. The molecule has 1 fully saturated rings. The van der Waals surface area contributed by atoms with Crippen molar-refractivity contribution in [1.82, 2.24) is 4.31 Å². The van der Waals surface area contributed by atoms with Crippen LogP contribution in [0.5, 0.6) is 0 Å². The van der Waals surface area contributed by atoms with Crippen LogP contribution in [0.4, 0.5) is 0 Å². The second-order valence-electron chi connectivity index (χ2n) is 4.72. The van der Waals surface area contributed by atoms with Crippen LogP contribution < -0.4 is 5.73 Å². The average Bonchev–Trinajstić information content (AvgIpc) is 2.70. The maximum atomic E-state index is 12.4. The van der Waals surface area contributed by atoms with Gasteiger partial charge >= 0.3 is 0 Å². The van der Waals surface area contributed by atoms with E-state index < -0.39 is 10.0 Å². The molecule has 0 bridgehead atoms. The van der Waals surface area contributed by atoms with E-state index in [0.717, 1.165) is 0 Å². The molecule has 0 amide bonds. The first-order chi connectivity index (χ1) is 8.86. The van der Waals surface area contributed by atoms with E-state index in [1.54, 1.807) is 0 Å². The van der Waals surface area contributed by atoms with Crippen molar-refractivity contribution in [2.24, 2.45) is 11.7 Å². The third kappa shape index (κ3) is 3.08. The van der Waals surface area contributed by atoms with Gasteiger partial charge in [0, 0.05) is 19.1 Å². The third-order valence-electron chi connectivity index (χ3n) is 3.32. The van der Waals surface area contributed by atoms with Crippen LogP contribution in [0.15, 0.2) is 23.1 Å². The van der Waals surface area contributed by atoms with Crippen LogP contribution in [0.1, 0.15) is 12.5 Å². The molecule has 8 heteroatoms. The molecule has 0 spiro atoms. The van der Waals surface area contributed by atoms with Gasteiger partial charge in [-0.1, -0.05) is 18.5 Å². The van der Waals surface area contributed by atoms with Crippen molar-refractivity contribution in [2.75, 3.05) is 13.1 Å². The summed E-state index contributed by atoms with van der Waals surface area (Å²) in [7, 11) is -3.65.